The number of hydrogen-bond acceptors (Lipinski definition) is 3. The van der Waals surface area contributed by atoms with E-state index in [1.54, 1.807) is 36.4 Å². The number of alkyl halides is 2. The first-order chi connectivity index (χ1) is 12.8. The topological polar surface area (TPSA) is 71.1 Å². The number of amides is 2. The monoisotopic (exact) mass is 393 g/mol. The molecule has 3 rings (SSSR count). The third-order valence-electron chi connectivity index (χ3n) is 4.49. The first-order valence-corrected chi connectivity index (χ1v) is 8.92. The van der Waals surface area contributed by atoms with E-state index in [4.69, 9.17) is 11.6 Å². The van der Waals surface area contributed by atoms with Crippen molar-refractivity contribution in [2.45, 2.75) is 31.6 Å². The molecule has 0 atom stereocenters. The van der Waals surface area contributed by atoms with E-state index in [-0.39, 0.29) is 37.2 Å². The van der Waals surface area contributed by atoms with Gasteiger partial charge in [-0.3, -0.25) is 9.59 Å². The molecule has 1 heterocycles. The molecule has 142 valence electrons. The van der Waals surface area contributed by atoms with Gasteiger partial charge in [0, 0.05) is 25.0 Å². The Morgan fingerprint density at radius 3 is 2.44 bits per heavy atom. The molecule has 1 fully saturated rings. The summed E-state index contributed by atoms with van der Waals surface area (Å²) in [7, 11) is 0. The molecule has 0 spiro atoms. The number of aromatic nitrogens is 1. The van der Waals surface area contributed by atoms with Crippen molar-refractivity contribution in [3.05, 3.63) is 53.2 Å². The summed E-state index contributed by atoms with van der Waals surface area (Å²) in [6.45, 7) is 0. The molecule has 0 saturated heterocycles. The first-order valence-electron chi connectivity index (χ1n) is 8.55. The average molecular weight is 394 g/mol. The maximum atomic E-state index is 13.3. The number of nitrogens with one attached hydrogen (secondary N) is 2. The summed E-state index contributed by atoms with van der Waals surface area (Å²) < 4.78 is 26.5. The molecular formula is C19H18ClF2N3O2. The highest BCUT2D eigenvalue weighted by molar-refractivity contribution is 6.30. The number of para-hydroxylation sites is 1. The van der Waals surface area contributed by atoms with Crippen LogP contribution in [-0.4, -0.2) is 22.7 Å². The lowest BCUT2D eigenvalue weighted by Crippen LogP contribution is -2.32. The van der Waals surface area contributed by atoms with E-state index in [1.807, 2.05) is 0 Å². The van der Waals surface area contributed by atoms with Gasteiger partial charge >= 0.3 is 0 Å². The zero-order valence-corrected chi connectivity index (χ0v) is 15.1. The Balaban J connectivity index is 1.69. The van der Waals surface area contributed by atoms with Gasteiger partial charge in [0.15, 0.2) is 0 Å². The van der Waals surface area contributed by atoms with Gasteiger partial charge in [0.2, 0.25) is 11.8 Å². The highest BCUT2D eigenvalue weighted by atomic mass is 35.5. The summed E-state index contributed by atoms with van der Waals surface area (Å²) in [5.74, 6) is -3.66. The van der Waals surface area contributed by atoms with Crippen molar-refractivity contribution >= 4 is 34.9 Å². The Morgan fingerprint density at radius 2 is 1.78 bits per heavy atom. The average Bonchev–Trinajstić information content (AvgIpc) is 2.64. The van der Waals surface area contributed by atoms with Crippen LogP contribution >= 0.6 is 11.6 Å². The Labute approximate surface area is 160 Å². The number of hydrogen-bond donors (Lipinski definition) is 2. The van der Waals surface area contributed by atoms with Gasteiger partial charge in [0.1, 0.15) is 5.82 Å². The normalized spacial score (nSPS) is 16.6. The van der Waals surface area contributed by atoms with Gasteiger partial charge in [0.05, 0.1) is 16.3 Å². The van der Waals surface area contributed by atoms with Gasteiger partial charge in [-0.05, 0) is 37.1 Å². The van der Waals surface area contributed by atoms with Crippen molar-refractivity contribution in [2.75, 3.05) is 10.6 Å². The molecule has 1 aromatic carbocycles. The Kier molecular flexibility index (Phi) is 5.70. The van der Waals surface area contributed by atoms with Gasteiger partial charge in [-0.2, -0.15) is 0 Å². The largest absolute Gasteiger partial charge is 0.325 e. The molecule has 1 aromatic heterocycles. The number of carbonyl (C=O) groups is 2. The predicted octanol–water partition coefficient (Wildman–Crippen LogP) is 4.75. The van der Waals surface area contributed by atoms with Crippen LogP contribution in [0.2, 0.25) is 5.02 Å². The van der Waals surface area contributed by atoms with Crippen LogP contribution in [0.1, 0.15) is 36.0 Å². The minimum atomic E-state index is -2.69. The lowest BCUT2D eigenvalue weighted by Gasteiger charge is -2.27. The molecule has 0 aliphatic heterocycles. The summed E-state index contributed by atoms with van der Waals surface area (Å²) in [6, 6.07) is 9.67. The quantitative estimate of drug-likeness (QED) is 0.787. The fourth-order valence-electron chi connectivity index (χ4n) is 2.96. The van der Waals surface area contributed by atoms with Crippen LogP contribution in [0.4, 0.5) is 20.3 Å². The van der Waals surface area contributed by atoms with E-state index < -0.39 is 17.7 Å². The number of carbonyl (C=O) groups excluding carboxylic acids is 2. The molecule has 0 radical (unpaired) electrons. The lowest BCUT2D eigenvalue weighted by molar-refractivity contribution is -0.124. The van der Waals surface area contributed by atoms with E-state index in [0.29, 0.717) is 16.5 Å². The number of rotatable bonds is 4. The minimum Gasteiger partial charge on any atom is -0.325 e. The van der Waals surface area contributed by atoms with Crippen molar-refractivity contribution in [3.8, 4) is 0 Å². The Morgan fingerprint density at radius 1 is 1.07 bits per heavy atom. The molecule has 27 heavy (non-hydrogen) atoms. The second-order valence-electron chi connectivity index (χ2n) is 6.48. The molecular weight excluding hydrogens is 376 g/mol. The van der Waals surface area contributed by atoms with Crippen LogP contribution in [0, 0.1) is 5.92 Å². The second-order valence-corrected chi connectivity index (χ2v) is 6.92. The van der Waals surface area contributed by atoms with Crippen LogP contribution in [0.5, 0.6) is 0 Å². The lowest BCUT2D eigenvalue weighted by atomic mass is 9.86. The third kappa shape index (κ3) is 5.01. The van der Waals surface area contributed by atoms with E-state index in [9.17, 15) is 18.4 Å². The van der Waals surface area contributed by atoms with E-state index >= 15 is 0 Å². The van der Waals surface area contributed by atoms with Crippen LogP contribution in [-0.2, 0) is 4.79 Å². The van der Waals surface area contributed by atoms with Gasteiger partial charge in [0.25, 0.3) is 5.91 Å². The van der Waals surface area contributed by atoms with E-state index in [2.05, 4.69) is 15.6 Å². The zero-order chi connectivity index (χ0) is 19.4. The van der Waals surface area contributed by atoms with Crippen LogP contribution in [0.3, 0.4) is 0 Å². The summed E-state index contributed by atoms with van der Waals surface area (Å²) in [5.41, 5.74) is 0.579. The highest BCUT2D eigenvalue weighted by Gasteiger charge is 2.37. The summed E-state index contributed by atoms with van der Waals surface area (Å²) >= 11 is 5.77. The van der Waals surface area contributed by atoms with Crippen molar-refractivity contribution in [2.24, 2.45) is 5.92 Å². The summed E-state index contributed by atoms with van der Waals surface area (Å²) in [5, 5.41) is 5.77. The molecule has 5 nitrogen and oxygen atoms in total. The molecule has 8 heteroatoms. The number of pyridine rings is 1. The zero-order valence-electron chi connectivity index (χ0n) is 14.3. The van der Waals surface area contributed by atoms with E-state index in [1.165, 1.54) is 6.20 Å². The van der Waals surface area contributed by atoms with Crippen LogP contribution in [0.25, 0.3) is 0 Å². The molecule has 2 aromatic rings. The summed E-state index contributed by atoms with van der Waals surface area (Å²) in [6.07, 6.45) is 1.07. The number of benzene rings is 1. The third-order valence-corrected chi connectivity index (χ3v) is 4.71. The summed E-state index contributed by atoms with van der Waals surface area (Å²) in [4.78, 5) is 29.0. The minimum absolute atomic E-state index is 0.127. The predicted molar refractivity (Wildman–Crippen MR) is 99.2 cm³/mol. The molecule has 1 aliphatic rings. The van der Waals surface area contributed by atoms with Crippen molar-refractivity contribution in [1.29, 1.82) is 0 Å². The molecule has 2 N–H and O–H groups in total. The van der Waals surface area contributed by atoms with Gasteiger partial charge < -0.3 is 10.6 Å². The molecule has 1 aliphatic carbocycles. The smallest absolute Gasteiger partial charge is 0.258 e. The fourth-order valence-corrected chi connectivity index (χ4v) is 3.07. The Bertz CT molecular complexity index is 833. The van der Waals surface area contributed by atoms with E-state index in [0.717, 1.165) is 0 Å². The second kappa shape index (κ2) is 8.00. The van der Waals surface area contributed by atoms with Gasteiger partial charge in [-0.1, -0.05) is 23.7 Å². The van der Waals surface area contributed by atoms with Crippen molar-refractivity contribution in [1.82, 2.24) is 4.98 Å². The van der Waals surface area contributed by atoms with Gasteiger partial charge in [-0.25, -0.2) is 13.8 Å². The fraction of sp³-hybridized carbons (Fsp3) is 0.316. The Hall–Kier alpha value is -2.54. The maximum Gasteiger partial charge on any atom is 0.258 e. The standard InChI is InChI=1S/C19H18ClF2N3O2/c20-13-5-6-16(23-11-13)25-18(27)14-3-1-2-4-15(14)24-17(26)12-7-9-19(21,22)10-8-12/h1-6,11-12H,7-10H2,(H,24,26)(H,23,25,27). The van der Waals surface area contributed by atoms with Crippen molar-refractivity contribution in [3.63, 3.8) is 0 Å². The maximum absolute atomic E-state index is 13.3. The van der Waals surface area contributed by atoms with Crippen molar-refractivity contribution < 1.29 is 18.4 Å². The molecule has 0 bridgehead atoms. The molecule has 1 saturated carbocycles. The SMILES string of the molecule is O=C(Nc1ccc(Cl)cn1)c1ccccc1NC(=O)C1CCC(F)(F)CC1. The van der Waals surface area contributed by atoms with Crippen LogP contribution in [0.15, 0.2) is 42.6 Å². The highest BCUT2D eigenvalue weighted by Crippen LogP contribution is 2.36. The molecule has 2 amide bonds. The van der Waals surface area contributed by atoms with Crippen LogP contribution < -0.4 is 10.6 Å². The first kappa shape index (κ1) is 19.2. The number of anilines is 2. The van der Waals surface area contributed by atoms with Gasteiger partial charge in [-0.15, -0.1) is 0 Å². The molecule has 0 unspecified atom stereocenters. The number of nitrogens with zero attached hydrogens (tertiary/aromatic N) is 1. The number of halogens is 3.